The first-order valence-corrected chi connectivity index (χ1v) is 4.14. The fraction of sp³-hybridized carbons (Fsp3) is 0.333. The smallest absolute Gasteiger partial charge is 0.493 e. The van der Waals surface area contributed by atoms with Gasteiger partial charge < -0.3 is 9.47 Å². The van der Waals surface area contributed by atoms with E-state index < -0.39 is 29.6 Å². The van der Waals surface area contributed by atoms with Crippen LogP contribution in [-0.2, 0) is 6.18 Å². The van der Waals surface area contributed by atoms with Gasteiger partial charge >= 0.3 is 12.5 Å². The van der Waals surface area contributed by atoms with Gasteiger partial charge in [-0.1, -0.05) is 0 Å². The van der Waals surface area contributed by atoms with Crippen LogP contribution in [0.3, 0.4) is 0 Å². The number of rotatable bonds is 2. The molecule has 0 amide bonds. The molecule has 0 bridgehead atoms. The number of hydrogen-bond donors (Lipinski definition) is 0. The van der Waals surface area contributed by atoms with Gasteiger partial charge in [-0.15, -0.1) is 13.2 Å². The van der Waals surface area contributed by atoms with Crippen molar-refractivity contribution in [3.8, 4) is 11.5 Å². The highest BCUT2D eigenvalue weighted by molar-refractivity contribution is 5.43. The third kappa shape index (κ3) is 3.72. The maximum absolute atomic E-state index is 12.3. The molecule has 1 aromatic rings. The molecule has 8 heteroatoms. The second-order valence-electron chi connectivity index (χ2n) is 2.91. The van der Waals surface area contributed by atoms with Crippen molar-refractivity contribution in [2.24, 2.45) is 0 Å². The quantitative estimate of drug-likeness (QED) is 0.756. The van der Waals surface area contributed by atoms with E-state index in [2.05, 4.69) is 9.47 Å². The van der Waals surface area contributed by atoms with E-state index in [1.54, 1.807) is 0 Å². The van der Waals surface area contributed by atoms with E-state index in [1.165, 1.54) is 0 Å². The molecule has 0 fully saturated rings. The van der Waals surface area contributed by atoms with E-state index >= 15 is 0 Å². The molecule has 17 heavy (non-hydrogen) atoms. The molecule has 1 aromatic carbocycles. The molecule has 0 saturated heterocycles. The van der Waals surface area contributed by atoms with Crippen molar-refractivity contribution in [1.29, 1.82) is 0 Å². The third-order valence-electron chi connectivity index (χ3n) is 1.72. The highest BCUT2D eigenvalue weighted by Gasteiger charge is 2.35. The Hall–Kier alpha value is -1.60. The molecular formula is C9H6F6O2. The Labute approximate surface area is 91.7 Å². The van der Waals surface area contributed by atoms with Gasteiger partial charge in [-0.3, -0.25) is 0 Å². The van der Waals surface area contributed by atoms with E-state index in [0.29, 0.717) is 6.07 Å². The van der Waals surface area contributed by atoms with E-state index in [0.717, 1.165) is 13.2 Å². The number of alkyl halides is 6. The first kappa shape index (κ1) is 13.5. The Kier molecular flexibility index (Phi) is 3.44. The minimum atomic E-state index is -5.09. The molecule has 0 N–H and O–H groups in total. The van der Waals surface area contributed by atoms with Crippen molar-refractivity contribution in [2.75, 3.05) is 7.11 Å². The number of methoxy groups -OCH3 is 1. The lowest BCUT2D eigenvalue weighted by Crippen LogP contribution is -2.18. The van der Waals surface area contributed by atoms with Gasteiger partial charge in [0.25, 0.3) is 0 Å². The highest BCUT2D eigenvalue weighted by Crippen LogP contribution is 2.38. The summed E-state index contributed by atoms with van der Waals surface area (Å²) in [6.45, 7) is 0. The van der Waals surface area contributed by atoms with Crippen molar-refractivity contribution in [1.82, 2.24) is 0 Å². The maximum Gasteiger partial charge on any atom is 0.573 e. The Morgan fingerprint density at radius 3 is 1.94 bits per heavy atom. The fourth-order valence-electron chi connectivity index (χ4n) is 1.06. The minimum absolute atomic E-state index is 0.228. The Morgan fingerprint density at radius 2 is 1.53 bits per heavy atom. The van der Waals surface area contributed by atoms with E-state index in [-0.39, 0.29) is 6.07 Å². The molecule has 0 aliphatic heterocycles. The van der Waals surface area contributed by atoms with Gasteiger partial charge in [-0.2, -0.15) is 13.2 Å². The highest BCUT2D eigenvalue weighted by atomic mass is 19.4. The number of benzene rings is 1. The van der Waals surface area contributed by atoms with E-state index in [9.17, 15) is 26.3 Å². The number of halogens is 6. The largest absolute Gasteiger partial charge is 0.573 e. The zero-order valence-corrected chi connectivity index (χ0v) is 8.32. The Balaban J connectivity index is 3.16. The lowest BCUT2D eigenvalue weighted by Gasteiger charge is -2.14. The van der Waals surface area contributed by atoms with Gasteiger partial charge in [0.1, 0.15) is 0 Å². The molecule has 1 rings (SSSR count). The van der Waals surface area contributed by atoms with Crippen molar-refractivity contribution in [2.45, 2.75) is 12.5 Å². The van der Waals surface area contributed by atoms with Crippen LogP contribution in [0.5, 0.6) is 11.5 Å². The molecule has 0 aliphatic rings. The number of ether oxygens (including phenoxy) is 2. The first-order chi connectivity index (χ1) is 7.63. The summed E-state index contributed by atoms with van der Waals surface area (Å²) in [6.07, 6.45) is -9.84. The fourth-order valence-corrected chi connectivity index (χ4v) is 1.06. The van der Waals surface area contributed by atoms with Crippen LogP contribution in [0.15, 0.2) is 18.2 Å². The molecule has 0 radical (unpaired) electrons. The summed E-state index contributed by atoms with van der Waals surface area (Å²) >= 11 is 0. The first-order valence-electron chi connectivity index (χ1n) is 4.14. The van der Waals surface area contributed by atoms with Crippen molar-refractivity contribution in [3.05, 3.63) is 23.8 Å². The van der Waals surface area contributed by atoms with Crippen molar-refractivity contribution >= 4 is 0 Å². The zero-order valence-electron chi connectivity index (χ0n) is 8.32. The van der Waals surface area contributed by atoms with Crippen LogP contribution in [-0.4, -0.2) is 13.5 Å². The lowest BCUT2D eigenvalue weighted by atomic mass is 10.2. The predicted molar refractivity (Wildman–Crippen MR) is 44.7 cm³/mol. The summed E-state index contributed by atoms with van der Waals surface area (Å²) in [5.41, 5.74) is -1.25. The molecule has 0 aromatic heterocycles. The second kappa shape index (κ2) is 4.34. The van der Waals surface area contributed by atoms with Crippen LogP contribution in [0.2, 0.25) is 0 Å². The molecule has 0 atom stereocenters. The van der Waals surface area contributed by atoms with Crippen LogP contribution < -0.4 is 9.47 Å². The molecule has 2 nitrogen and oxygen atoms in total. The van der Waals surface area contributed by atoms with Crippen LogP contribution in [0.25, 0.3) is 0 Å². The monoisotopic (exact) mass is 260 g/mol. The van der Waals surface area contributed by atoms with E-state index in [4.69, 9.17) is 0 Å². The summed E-state index contributed by atoms with van der Waals surface area (Å²) in [4.78, 5) is 0. The average molecular weight is 260 g/mol. The Morgan fingerprint density at radius 1 is 0.941 bits per heavy atom. The average Bonchev–Trinajstić information content (AvgIpc) is 2.13. The lowest BCUT2D eigenvalue weighted by molar-refractivity contribution is -0.275. The third-order valence-corrected chi connectivity index (χ3v) is 1.72. The predicted octanol–water partition coefficient (Wildman–Crippen LogP) is 3.61. The van der Waals surface area contributed by atoms with Gasteiger partial charge in [0, 0.05) is 0 Å². The van der Waals surface area contributed by atoms with Crippen molar-refractivity contribution < 1.29 is 35.8 Å². The summed E-state index contributed by atoms with van der Waals surface area (Å²) in [6, 6.07) is 1.58. The topological polar surface area (TPSA) is 18.5 Å². The Bertz CT molecular complexity index is 395. The molecule has 0 saturated carbocycles. The van der Waals surface area contributed by atoms with Gasteiger partial charge in [-0.05, 0) is 18.2 Å². The standard InChI is InChI=1S/C9H6F6O2/c1-16-6-3-2-5(8(10,11)12)4-7(6)17-9(13,14)15/h2-4H,1H3. The summed E-state index contributed by atoms with van der Waals surface area (Å²) in [5, 5.41) is 0. The normalized spacial score (nSPS) is 12.4. The zero-order chi connectivity index (χ0) is 13.3. The maximum atomic E-state index is 12.3. The molecular weight excluding hydrogens is 254 g/mol. The minimum Gasteiger partial charge on any atom is -0.493 e. The van der Waals surface area contributed by atoms with Gasteiger partial charge in [-0.25, -0.2) is 0 Å². The van der Waals surface area contributed by atoms with Crippen LogP contribution in [0, 0.1) is 0 Å². The van der Waals surface area contributed by atoms with Crippen LogP contribution in [0.4, 0.5) is 26.3 Å². The summed E-state index contributed by atoms with van der Waals surface area (Å²) < 4.78 is 80.5. The summed E-state index contributed by atoms with van der Waals surface area (Å²) in [7, 11) is 1.02. The summed E-state index contributed by atoms with van der Waals surface area (Å²) in [5.74, 6) is -1.47. The molecule has 96 valence electrons. The molecule has 0 unspecified atom stereocenters. The molecule has 0 heterocycles. The van der Waals surface area contributed by atoms with Gasteiger partial charge in [0.2, 0.25) is 0 Å². The number of hydrogen-bond acceptors (Lipinski definition) is 2. The molecule has 0 aliphatic carbocycles. The second-order valence-corrected chi connectivity index (χ2v) is 2.91. The SMILES string of the molecule is COc1ccc(C(F)(F)F)cc1OC(F)(F)F. The van der Waals surface area contributed by atoms with E-state index in [1.807, 2.05) is 0 Å². The van der Waals surface area contributed by atoms with Crippen LogP contribution in [0.1, 0.15) is 5.56 Å². The van der Waals surface area contributed by atoms with Crippen LogP contribution >= 0.6 is 0 Å². The molecule has 0 spiro atoms. The van der Waals surface area contributed by atoms with Gasteiger partial charge in [0.05, 0.1) is 12.7 Å². The van der Waals surface area contributed by atoms with Gasteiger partial charge in [0.15, 0.2) is 11.5 Å². The van der Waals surface area contributed by atoms with Crippen molar-refractivity contribution in [3.63, 3.8) is 0 Å².